The van der Waals surface area contributed by atoms with E-state index in [1.807, 2.05) is 54.7 Å². The van der Waals surface area contributed by atoms with E-state index in [1.54, 1.807) is 33.9 Å². The van der Waals surface area contributed by atoms with E-state index in [-0.39, 0.29) is 24.7 Å². The lowest BCUT2D eigenvalue weighted by Crippen LogP contribution is -2.59. The average molecular weight is 589 g/mol. The summed E-state index contributed by atoms with van der Waals surface area (Å²) in [7, 11) is 0. The maximum absolute atomic E-state index is 13.6. The molecule has 228 valence electrons. The molecule has 4 rings (SSSR count). The topological polar surface area (TPSA) is 182 Å². The Morgan fingerprint density at radius 1 is 0.698 bits per heavy atom. The van der Waals surface area contributed by atoms with Gasteiger partial charge < -0.3 is 36.8 Å². The summed E-state index contributed by atoms with van der Waals surface area (Å²) in [5, 5.41) is 19.6. The molecule has 4 atom stereocenters. The van der Waals surface area contributed by atoms with Crippen molar-refractivity contribution in [2.45, 2.75) is 64.7 Å². The average Bonchev–Trinajstić information content (AvgIpc) is 3.57. The zero-order chi connectivity index (χ0) is 31.3. The molecule has 2 aromatic carbocycles. The molecule has 0 aliphatic rings. The smallest absolute Gasteiger partial charge is 0.326 e. The van der Waals surface area contributed by atoms with E-state index in [4.69, 9.17) is 5.73 Å². The van der Waals surface area contributed by atoms with Crippen molar-refractivity contribution in [1.82, 2.24) is 25.9 Å². The lowest BCUT2D eigenvalue weighted by Gasteiger charge is -2.27. The Bertz CT molecular complexity index is 1610. The van der Waals surface area contributed by atoms with Crippen molar-refractivity contribution in [1.29, 1.82) is 0 Å². The van der Waals surface area contributed by atoms with Crippen molar-refractivity contribution in [2.75, 3.05) is 0 Å². The minimum Gasteiger partial charge on any atom is -0.480 e. The van der Waals surface area contributed by atoms with Gasteiger partial charge in [-0.05, 0) is 41.5 Å². The van der Waals surface area contributed by atoms with Gasteiger partial charge in [0.25, 0.3) is 0 Å². The van der Waals surface area contributed by atoms with E-state index in [1.165, 1.54) is 0 Å². The number of amides is 3. The van der Waals surface area contributed by atoms with Gasteiger partial charge in [0.2, 0.25) is 17.7 Å². The van der Waals surface area contributed by atoms with Gasteiger partial charge in [0.15, 0.2) is 0 Å². The minimum absolute atomic E-state index is 0.102. The van der Waals surface area contributed by atoms with Crippen LogP contribution >= 0.6 is 0 Å². The summed E-state index contributed by atoms with van der Waals surface area (Å²) in [4.78, 5) is 58.4. The van der Waals surface area contributed by atoms with Gasteiger partial charge in [0.05, 0.1) is 6.04 Å². The second kappa shape index (κ2) is 13.6. The molecule has 0 radical (unpaired) electrons. The van der Waals surface area contributed by atoms with Crippen molar-refractivity contribution in [3.63, 3.8) is 0 Å². The van der Waals surface area contributed by atoms with Crippen LogP contribution in [0.5, 0.6) is 0 Å². The van der Waals surface area contributed by atoms with Crippen LogP contribution in [0.2, 0.25) is 0 Å². The standard InChI is InChI=1S/C32H40N6O5/c1-17(2)27(37-29(39)23(33)13-19-15-34-24-11-7-5-9-21(19)24)31(41)36-26(30(40)38-28(18(3)4)32(42)43)14-20-16-35-25-12-8-6-10-22(20)25/h5-12,15-18,23,26-28,34-35H,13-14,33H2,1-4H3,(H,36,41)(H,37,39)(H,38,40)(H,42,43). The van der Waals surface area contributed by atoms with E-state index in [0.717, 1.165) is 32.9 Å². The zero-order valence-electron chi connectivity index (χ0n) is 24.8. The number of nitrogens with two attached hydrogens (primary N) is 1. The van der Waals surface area contributed by atoms with Crippen LogP contribution in [0.1, 0.15) is 38.8 Å². The van der Waals surface area contributed by atoms with E-state index in [9.17, 15) is 24.3 Å². The van der Waals surface area contributed by atoms with Gasteiger partial charge in [-0.1, -0.05) is 64.1 Å². The molecule has 0 bridgehead atoms. The van der Waals surface area contributed by atoms with Gasteiger partial charge in [-0.2, -0.15) is 0 Å². The number of fused-ring (bicyclic) bond motifs is 2. The Morgan fingerprint density at radius 3 is 1.70 bits per heavy atom. The highest BCUT2D eigenvalue weighted by atomic mass is 16.4. The minimum atomic E-state index is -1.17. The SMILES string of the molecule is CC(C)C(NC(=O)C(Cc1c[nH]c2ccccc12)NC(=O)C(NC(=O)C(N)Cc1c[nH]c2ccccc12)C(C)C)C(=O)O. The number of aromatic nitrogens is 2. The van der Waals surface area contributed by atoms with E-state index in [2.05, 4.69) is 25.9 Å². The number of hydrogen-bond acceptors (Lipinski definition) is 5. The molecule has 0 saturated heterocycles. The number of benzene rings is 2. The fourth-order valence-electron chi connectivity index (χ4n) is 5.18. The molecule has 0 aliphatic carbocycles. The Balaban J connectivity index is 1.51. The van der Waals surface area contributed by atoms with Gasteiger partial charge in [0.1, 0.15) is 18.1 Å². The predicted octanol–water partition coefficient (Wildman–Crippen LogP) is 2.61. The first-order valence-corrected chi connectivity index (χ1v) is 14.5. The van der Waals surface area contributed by atoms with E-state index >= 15 is 0 Å². The Labute approximate surface area is 250 Å². The third-order valence-electron chi connectivity index (χ3n) is 7.66. The third kappa shape index (κ3) is 7.42. The number of aromatic amines is 2. The van der Waals surface area contributed by atoms with Gasteiger partial charge >= 0.3 is 5.97 Å². The summed E-state index contributed by atoms with van der Waals surface area (Å²) < 4.78 is 0. The van der Waals surface area contributed by atoms with E-state index in [0.29, 0.717) is 0 Å². The molecule has 2 aromatic heterocycles. The van der Waals surface area contributed by atoms with Crippen molar-refractivity contribution in [2.24, 2.45) is 17.6 Å². The first kappa shape index (κ1) is 31.3. The third-order valence-corrected chi connectivity index (χ3v) is 7.66. The molecule has 3 amide bonds. The molecule has 4 unspecified atom stereocenters. The summed E-state index contributed by atoms with van der Waals surface area (Å²) in [6.07, 6.45) is 3.95. The lowest BCUT2D eigenvalue weighted by atomic mass is 9.99. The second-order valence-electron chi connectivity index (χ2n) is 11.6. The van der Waals surface area contributed by atoms with E-state index < -0.39 is 47.9 Å². The first-order chi connectivity index (χ1) is 20.5. The molecule has 0 aliphatic heterocycles. The van der Waals surface area contributed by atoms with Crippen LogP contribution in [-0.4, -0.2) is 62.9 Å². The van der Waals surface area contributed by atoms with Crippen LogP contribution in [0.15, 0.2) is 60.9 Å². The number of carboxylic acid groups (broad SMARTS) is 1. The van der Waals surface area contributed by atoms with Gasteiger partial charge in [-0.3, -0.25) is 14.4 Å². The highest BCUT2D eigenvalue weighted by Gasteiger charge is 2.33. The fourth-order valence-corrected chi connectivity index (χ4v) is 5.18. The number of para-hydroxylation sites is 2. The molecule has 43 heavy (non-hydrogen) atoms. The Kier molecular flexibility index (Phi) is 9.87. The first-order valence-electron chi connectivity index (χ1n) is 14.5. The number of rotatable bonds is 13. The largest absolute Gasteiger partial charge is 0.480 e. The Hall–Kier alpha value is -4.64. The summed E-state index contributed by atoms with van der Waals surface area (Å²) in [5.74, 6) is -3.58. The normalized spacial score (nSPS) is 14.4. The summed E-state index contributed by atoms with van der Waals surface area (Å²) in [6.45, 7) is 6.94. The van der Waals surface area contributed by atoms with Gasteiger partial charge in [0, 0.05) is 40.6 Å². The lowest BCUT2D eigenvalue weighted by molar-refractivity contribution is -0.143. The second-order valence-corrected chi connectivity index (χ2v) is 11.6. The quantitative estimate of drug-likeness (QED) is 0.126. The maximum Gasteiger partial charge on any atom is 0.326 e. The number of carbonyl (C=O) groups is 4. The van der Waals surface area contributed by atoms with Gasteiger partial charge in [-0.15, -0.1) is 0 Å². The summed E-state index contributed by atoms with van der Waals surface area (Å²) in [6, 6.07) is 11.1. The van der Waals surface area contributed by atoms with Crippen LogP contribution in [-0.2, 0) is 32.0 Å². The van der Waals surface area contributed by atoms with Crippen molar-refractivity contribution in [3.8, 4) is 0 Å². The Morgan fingerprint density at radius 2 is 1.19 bits per heavy atom. The molecular formula is C32H40N6O5. The molecule has 4 aromatic rings. The number of carboxylic acids is 1. The number of nitrogens with one attached hydrogen (secondary N) is 5. The predicted molar refractivity (Wildman–Crippen MR) is 165 cm³/mol. The summed E-state index contributed by atoms with van der Waals surface area (Å²) in [5.41, 5.74) is 9.74. The van der Waals surface area contributed by atoms with Crippen LogP contribution < -0.4 is 21.7 Å². The highest BCUT2D eigenvalue weighted by molar-refractivity contribution is 5.95. The molecule has 0 spiro atoms. The monoisotopic (exact) mass is 588 g/mol. The molecule has 11 heteroatoms. The molecule has 8 N–H and O–H groups in total. The van der Waals surface area contributed by atoms with Crippen LogP contribution in [0.4, 0.5) is 0 Å². The van der Waals surface area contributed by atoms with Crippen molar-refractivity contribution >= 4 is 45.5 Å². The van der Waals surface area contributed by atoms with Crippen LogP contribution in [0, 0.1) is 11.8 Å². The number of aliphatic carboxylic acids is 1. The fraction of sp³-hybridized carbons (Fsp3) is 0.375. The van der Waals surface area contributed by atoms with Crippen LogP contribution in [0.25, 0.3) is 21.8 Å². The molecule has 0 fully saturated rings. The number of carbonyl (C=O) groups excluding carboxylic acids is 3. The van der Waals surface area contributed by atoms with Crippen molar-refractivity contribution < 1.29 is 24.3 Å². The molecule has 11 nitrogen and oxygen atoms in total. The number of hydrogen-bond donors (Lipinski definition) is 7. The zero-order valence-corrected chi connectivity index (χ0v) is 24.8. The van der Waals surface area contributed by atoms with Gasteiger partial charge in [-0.25, -0.2) is 4.79 Å². The highest BCUT2D eigenvalue weighted by Crippen LogP contribution is 2.21. The molecule has 0 saturated carbocycles. The molecular weight excluding hydrogens is 548 g/mol. The van der Waals surface area contributed by atoms with Crippen LogP contribution in [0.3, 0.4) is 0 Å². The van der Waals surface area contributed by atoms with Crippen molar-refractivity contribution in [3.05, 3.63) is 72.1 Å². The number of H-pyrrole nitrogens is 2. The maximum atomic E-state index is 13.6. The summed E-state index contributed by atoms with van der Waals surface area (Å²) >= 11 is 0. The molecule has 2 heterocycles.